The minimum atomic E-state index is -0.700. The highest BCUT2D eigenvalue weighted by Gasteiger charge is 2.27. The molecule has 3 rings (SSSR count). The van der Waals surface area contributed by atoms with E-state index in [0.717, 1.165) is 51.2 Å². The van der Waals surface area contributed by atoms with Crippen molar-refractivity contribution in [2.45, 2.75) is 37.8 Å². The molecule has 31 heavy (non-hydrogen) atoms. The van der Waals surface area contributed by atoms with E-state index in [1.807, 2.05) is 6.07 Å². The Morgan fingerprint density at radius 2 is 1.87 bits per heavy atom. The van der Waals surface area contributed by atoms with E-state index >= 15 is 0 Å². The molecule has 0 aromatic heterocycles. The number of piperazine rings is 1. The Hall–Kier alpha value is -2.58. The van der Waals surface area contributed by atoms with Crippen LogP contribution >= 0.6 is 0 Å². The lowest BCUT2D eigenvalue weighted by molar-refractivity contribution is -0.112. The second kappa shape index (κ2) is 11.2. The van der Waals surface area contributed by atoms with E-state index in [1.165, 1.54) is 24.8 Å². The van der Waals surface area contributed by atoms with Crippen LogP contribution in [0.4, 0.5) is 5.69 Å². The van der Waals surface area contributed by atoms with Gasteiger partial charge >= 0.3 is 0 Å². The van der Waals surface area contributed by atoms with Gasteiger partial charge in [-0.15, -0.1) is 0 Å². The standard InChI is InChI=1S/C23H32N4O4/c1-25(21(17-30)3-2-14-28)23(31)22-15-20(5-4-18(22)16-29)27-12-10-26(11-13-27)19-6-8-24-9-7-19/h4-5,14-17,19,21,24H,2-3,6-13H2,1H3. The Morgan fingerprint density at radius 1 is 1.16 bits per heavy atom. The Morgan fingerprint density at radius 3 is 2.48 bits per heavy atom. The molecule has 2 aliphatic rings. The fourth-order valence-corrected chi connectivity index (χ4v) is 4.48. The molecule has 1 aromatic carbocycles. The summed E-state index contributed by atoms with van der Waals surface area (Å²) in [6, 6.07) is 5.24. The van der Waals surface area contributed by atoms with E-state index < -0.39 is 6.04 Å². The predicted octanol–water partition coefficient (Wildman–Crippen LogP) is 0.992. The van der Waals surface area contributed by atoms with Crippen LogP contribution in [0.3, 0.4) is 0 Å². The fourth-order valence-electron chi connectivity index (χ4n) is 4.48. The van der Waals surface area contributed by atoms with Crippen molar-refractivity contribution in [3.63, 3.8) is 0 Å². The lowest BCUT2D eigenvalue weighted by Gasteiger charge is -2.41. The van der Waals surface area contributed by atoms with Gasteiger partial charge in [0.05, 0.1) is 11.6 Å². The molecule has 1 aromatic rings. The van der Waals surface area contributed by atoms with E-state index in [-0.39, 0.29) is 24.3 Å². The van der Waals surface area contributed by atoms with Gasteiger partial charge in [0.2, 0.25) is 0 Å². The van der Waals surface area contributed by atoms with Gasteiger partial charge in [0, 0.05) is 56.9 Å². The minimum Gasteiger partial charge on any atom is -0.369 e. The number of nitrogens with zero attached hydrogens (tertiary/aromatic N) is 3. The molecule has 0 saturated carbocycles. The first kappa shape index (κ1) is 23.1. The molecule has 0 bridgehead atoms. The molecule has 2 saturated heterocycles. The van der Waals surface area contributed by atoms with E-state index in [1.54, 1.807) is 12.1 Å². The molecular formula is C23H32N4O4. The van der Waals surface area contributed by atoms with Crippen LogP contribution < -0.4 is 10.2 Å². The highest BCUT2D eigenvalue weighted by molar-refractivity contribution is 6.03. The van der Waals surface area contributed by atoms with Crippen molar-refractivity contribution >= 4 is 30.5 Å². The number of carbonyl (C=O) groups excluding carboxylic acids is 4. The Balaban J connectivity index is 1.71. The zero-order chi connectivity index (χ0) is 22.2. The average Bonchev–Trinajstić information content (AvgIpc) is 2.84. The highest BCUT2D eigenvalue weighted by atomic mass is 16.2. The molecule has 2 heterocycles. The first-order valence-corrected chi connectivity index (χ1v) is 11.0. The summed E-state index contributed by atoms with van der Waals surface area (Å²) in [6.07, 6.45) is 4.90. The second-order valence-corrected chi connectivity index (χ2v) is 8.26. The molecule has 8 nitrogen and oxygen atoms in total. The molecule has 1 amide bonds. The monoisotopic (exact) mass is 428 g/mol. The Labute approximate surface area is 183 Å². The molecule has 168 valence electrons. The second-order valence-electron chi connectivity index (χ2n) is 8.26. The smallest absolute Gasteiger partial charge is 0.255 e. The summed E-state index contributed by atoms with van der Waals surface area (Å²) in [7, 11) is 1.53. The van der Waals surface area contributed by atoms with Crippen LogP contribution in [0.2, 0.25) is 0 Å². The number of aldehydes is 3. The third kappa shape index (κ3) is 5.57. The van der Waals surface area contributed by atoms with E-state index in [4.69, 9.17) is 0 Å². The quantitative estimate of drug-likeness (QED) is 0.587. The number of anilines is 1. The van der Waals surface area contributed by atoms with E-state index in [9.17, 15) is 19.2 Å². The van der Waals surface area contributed by atoms with Gasteiger partial charge in [0.1, 0.15) is 12.6 Å². The van der Waals surface area contributed by atoms with Crippen molar-refractivity contribution in [3.8, 4) is 0 Å². The molecule has 2 fully saturated rings. The number of rotatable bonds is 9. The largest absolute Gasteiger partial charge is 0.369 e. The summed E-state index contributed by atoms with van der Waals surface area (Å²) in [5.41, 5.74) is 1.49. The van der Waals surface area contributed by atoms with E-state index in [0.29, 0.717) is 24.2 Å². The van der Waals surface area contributed by atoms with Crippen molar-refractivity contribution in [2.75, 3.05) is 51.2 Å². The molecule has 0 radical (unpaired) electrons. The van der Waals surface area contributed by atoms with Gasteiger partial charge in [-0.2, -0.15) is 0 Å². The molecule has 1 unspecified atom stereocenters. The van der Waals surface area contributed by atoms with Crippen LogP contribution in [-0.4, -0.2) is 93.0 Å². The van der Waals surface area contributed by atoms with Crippen molar-refractivity contribution in [1.82, 2.24) is 15.1 Å². The third-order valence-corrected chi connectivity index (χ3v) is 6.45. The number of amides is 1. The zero-order valence-electron chi connectivity index (χ0n) is 18.2. The van der Waals surface area contributed by atoms with Crippen LogP contribution in [0.5, 0.6) is 0 Å². The van der Waals surface area contributed by atoms with Crippen LogP contribution in [0.1, 0.15) is 46.4 Å². The number of hydrogen-bond acceptors (Lipinski definition) is 7. The first-order chi connectivity index (χ1) is 15.1. The summed E-state index contributed by atoms with van der Waals surface area (Å²) in [4.78, 5) is 52.8. The molecule has 1 atom stereocenters. The maximum absolute atomic E-state index is 13.1. The van der Waals surface area contributed by atoms with Crippen molar-refractivity contribution in [2.24, 2.45) is 0 Å². The molecule has 2 aliphatic heterocycles. The van der Waals surface area contributed by atoms with Gasteiger partial charge in [-0.05, 0) is 50.6 Å². The highest BCUT2D eigenvalue weighted by Crippen LogP contribution is 2.24. The van der Waals surface area contributed by atoms with Gasteiger partial charge in [-0.3, -0.25) is 14.5 Å². The van der Waals surface area contributed by atoms with Gasteiger partial charge in [-0.1, -0.05) is 0 Å². The minimum absolute atomic E-state index is 0.197. The predicted molar refractivity (Wildman–Crippen MR) is 119 cm³/mol. The normalized spacial score (nSPS) is 18.9. The van der Waals surface area contributed by atoms with Crippen LogP contribution in [0.15, 0.2) is 18.2 Å². The average molecular weight is 429 g/mol. The summed E-state index contributed by atoms with van der Waals surface area (Å²) >= 11 is 0. The maximum atomic E-state index is 13.1. The molecule has 1 N–H and O–H groups in total. The maximum Gasteiger partial charge on any atom is 0.255 e. The summed E-state index contributed by atoms with van der Waals surface area (Å²) in [5.74, 6) is -0.389. The Bertz CT molecular complexity index is 786. The number of likely N-dealkylation sites (N-methyl/N-ethyl adjacent to an activating group) is 1. The van der Waals surface area contributed by atoms with Gasteiger partial charge in [0.15, 0.2) is 6.29 Å². The third-order valence-electron chi connectivity index (χ3n) is 6.45. The number of piperidine rings is 1. The Kier molecular flexibility index (Phi) is 8.31. The van der Waals surface area contributed by atoms with Gasteiger partial charge in [0.25, 0.3) is 5.91 Å². The zero-order valence-corrected chi connectivity index (χ0v) is 18.2. The van der Waals surface area contributed by atoms with E-state index in [2.05, 4.69) is 15.1 Å². The van der Waals surface area contributed by atoms with Crippen molar-refractivity contribution < 1.29 is 19.2 Å². The van der Waals surface area contributed by atoms with Crippen LogP contribution in [-0.2, 0) is 9.59 Å². The molecule has 0 aliphatic carbocycles. The first-order valence-electron chi connectivity index (χ1n) is 11.0. The lowest BCUT2D eigenvalue weighted by Crippen LogP contribution is -2.52. The fraction of sp³-hybridized carbons (Fsp3) is 0.565. The molecule has 8 heteroatoms. The topological polar surface area (TPSA) is 90.0 Å². The number of hydrogen-bond donors (Lipinski definition) is 1. The lowest BCUT2D eigenvalue weighted by atomic mass is 10.0. The summed E-state index contributed by atoms with van der Waals surface area (Å²) in [6.45, 7) is 5.83. The van der Waals surface area contributed by atoms with Crippen molar-refractivity contribution in [1.29, 1.82) is 0 Å². The number of nitrogens with one attached hydrogen (secondary N) is 1. The summed E-state index contributed by atoms with van der Waals surface area (Å²) < 4.78 is 0. The number of benzene rings is 1. The van der Waals surface area contributed by atoms with Crippen LogP contribution in [0, 0.1) is 0 Å². The molecule has 0 spiro atoms. The van der Waals surface area contributed by atoms with Gasteiger partial charge in [-0.25, -0.2) is 0 Å². The summed E-state index contributed by atoms with van der Waals surface area (Å²) in [5, 5.41) is 3.41. The SMILES string of the molecule is CN(C(=O)c1cc(N2CCN(C3CCNCC3)CC2)ccc1C=O)C(C=O)CCC=O. The number of carbonyl (C=O) groups is 4. The van der Waals surface area contributed by atoms with Crippen LogP contribution in [0.25, 0.3) is 0 Å². The molecular weight excluding hydrogens is 396 g/mol. The van der Waals surface area contributed by atoms with Crippen molar-refractivity contribution in [3.05, 3.63) is 29.3 Å². The van der Waals surface area contributed by atoms with Gasteiger partial charge < -0.3 is 24.7 Å².